The van der Waals surface area contributed by atoms with Crippen LogP contribution >= 0.6 is 0 Å². The van der Waals surface area contributed by atoms with Crippen molar-refractivity contribution in [1.82, 2.24) is 15.1 Å². The lowest BCUT2D eigenvalue weighted by Gasteiger charge is -2.45. The summed E-state index contributed by atoms with van der Waals surface area (Å²) in [4.78, 5) is 20.4. The average Bonchev–Trinajstić information content (AvgIpc) is 2.89. The maximum Gasteiger partial charge on any atom is 0.255 e. The molecule has 1 amide bonds. The molecule has 0 bridgehead atoms. The lowest BCUT2D eigenvalue weighted by molar-refractivity contribution is 0.0900. The molecule has 5 rings (SSSR count). The second-order valence-electron chi connectivity index (χ2n) is 9.48. The average molecular weight is 455 g/mol. The third kappa shape index (κ3) is 4.59. The number of nitrogens with zero attached hydrogens (tertiary/aromatic N) is 3. The van der Waals surface area contributed by atoms with Gasteiger partial charge >= 0.3 is 0 Å². The van der Waals surface area contributed by atoms with Crippen molar-refractivity contribution in [2.45, 2.75) is 32.1 Å². The maximum atomic E-state index is 12.9. The van der Waals surface area contributed by atoms with E-state index in [1.165, 1.54) is 5.56 Å². The van der Waals surface area contributed by atoms with Crippen molar-refractivity contribution in [2.24, 2.45) is 0 Å². The highest BCUT2D eigenvalue weighted by Crippen LogP contribution is 2.35. The number of carbonyl (C=O) groups excluding carboxylic acids is 1. The molecule has 2 aliphatic heterocycles. The van der Waals surface area contributed by atoms with Crippen molar-refractivity contribution in [3.05, 3.63) is 102 Å². The summed E-state index contributed by atoms with van der Waals surface area (Å²) in [6.45, 7) is 9.80. The highest BCUT2D eigenvalue weighted by molar-refractivity contribution is 6.02. The van der Waals surface area contributed by atoms with Crippen LogP contribution in [0.4, 0.5) is 5.69 Å². The monoisotopic (exact) mass is 454 g/mol. The molecule has 5 heteroatoms. The summed E-state index contributed by atoms with van der Waals surface area (Å²) in [6, 6.07) is 29.7. The Kier molecular flexibility index (Phi) is 6.66. The van der Waals surface area contributed by atoms with Crippen LogP contribution in [0.5, 0.6) is 0 Å². The fourth-order valence-electron chi connectivity index (χ4n) is 5.41. The Labute approximate surface area is 203 Å². The van der Waals surface area contributed by atoms with Crippen molar-refractivity contribution in [2.75, 3.05) is 37.6 Å². The largest absolute Gasteiger partial charge is 0.343 e. The Morgan fingerprint density at radius 3 is 2.15 bits per heavy atom. The van der Waals surface area contributed by atoms with Crippen molar-refractivity contribution in [1.29, 1.82) is 0 Å². The zero-order chi connectivity index (χ0) is 23.5. The third-order valence-corrected chi connectivity index (χ3v) is 7.32. The van der Waals surface area contributed by atoms with E-state index in [0.717, 1.165) is 49.5 Å². The van der Waals surface area contributed by atoms with E-state index in [0.29, 0.717) is 6.04 Å². The van der Waals surface area contributed by atoms with Gasteiger partial charge in [-0.15, -0.1) is 0 Å². The molecule has 2 heterocycles. The predicted molar refractivity (Wildman–Crippen MR) is 138 cm³/mol. The number of rotatable bonds is 6. The van der Waals surface area contributed by atoms with E-state index in [-0.39, 0.29) is 18.1 Å². The van der Waals surface area contributed by atoms with Gasteiger partial charge in [0.1, 0.15) is 6.17 Å². The lowest BCUT2D eigenvalue weighted by atomic mass is 10.0. The molecule has 1 saturated heterocycles. The fraction of sp³-hybridized carbons (Fsp3) is 0.345. The summed E-state index contributed by atoms with van der Waals surface area (Å²) in [5.74, 6) is -0.00332. The SMILES string of the molecule is CC(c1ccccc1)N1CCN(CC(C)N2c3ccccc3C(=O)NC2c2ccccc2)CC1. The molecule has 0 aliphatic carbocycles. The van der Waals surface area contributed by atoms with Crippen LogP contribution in [-0.4, -0.2) is 54.5 Å². The first-order valence-electron chi connectivity index (χ1n) is 12.4. The van der Waals surface area contributed by atoms with Crippen LogP contribution in [0.25, 0.3) is 0 Å². The summed E-state index contributed by atoms with van der Waals surface area (Å²) in [5.41, 5.74) is 4.27. The van der Waals surface area contributed by atoms with Crippen molar-refractivity contribution in [3.63, 3.8) is 0 Å². The Balaban J connectivity index is 1.30. The standard InChI is InChI=1S/C29H34N4O/c1-22(21-31-17-19-32(20-18-31)23(2)24-11-5-3-6-12-24)33-27-16-10-9-15-26(27)29(34)30-28(33)25-13-7-4-8-14-25/h3-16,22-23,28H,17-21H2,1-2H3,(H,30,34). The first kappa shape index (κ1) is 22.6. The van der Waals surface area contributed by atoms with Gasteiger partial charge in [0.2, 0.25) is 0 Å². The second-order valence-corrected chi connectivity index (χ2v) is 9.48. The number of benzene rings is 3. The number of carbonyl (C=O) groups is 1. The van der Waals surface area contributed by atoms with Crippen LogP contribution in [0.15, 0.2) is 84.9 Å². The third-order valence-electron chi connectivity index (χ3n) is 7.32. The van der Waals surface area contributed by atoms with Crippen LogP contribution in [-0.2, 0) is 0 Å². The molecule has 3 aromatic carbocycles. The summed E-state index contributed by atoms with van der Waals surface area (Å²) in [7, 11) is 0. The van der Waals surface area contributed by atoms with Crippen molar-refractivity contribution in [3.8, 4) is 0 Å². The van der Waals surface area contributed by atoms with E-state index in [1.54, 1.807) is 0 Å². The molecule has 5 nitrogen and oxygen atoms in total. The number of hydrogen-bond donors (Lipinski definition) is 1. The normalized spacial score (nSPS) is 20.9. The molecule has 3 unspecified atom stereocenters. The van der Waals surface area contributed by atoms with E-state index in [9.17, 15) is 4.79 Å². The molecule has 2 aliphatic rings. The Morgan fingerprint density at radius 2 is 1.44 bits per heavy atom. The number of piperazine rings is 1. The molecule has 0 radical (unpaired) electrons. The van der Waals surface area contributed by atoms with Crippen molar-refractivity contribution < 1.29 is 4.79 Å². The van der Waals surface area contributed by atoms with E-state index >= 15 is 0 Å². The summed E-state index contributed by atoms with van der Waals surface area (Å²) in [5, 5.41) is 3.26. The zero-order valence-electron chi connectivity index (χ0n) is 20.1. The van der Waals surface area contributed by atoms with Gasteiger partial charge in [-0.3, -0.25) is 14.6 Å². The van der Waals surface area contributed by atoms with Gasteiger partial charge in [0.25, 0.3) is 5.91 Å². The molecule has 176 valence electrons. The van der Waals surface area contributed by atoms with Crippen LogP contribution in [0, 0.1) is 0 Å². The topological polar surface area (TPSA) is 38.8 Å². The smallest absolute Gasteiger partial charge is 0.255 e. The molecule has 3 aromatic rings. The molecule has 0 saturated carbocycles. The predicted octanol–water partition coefficient (Wildman–Crippen LogP) is 4.70. The minimum absolute atomic E-state index is 0.00332. The van der Waals surface area contributed by atoms with E-state index in [4.69, 9.17) is 0 Å². The molecule has 1 N–H and O–H groups in total. The number of nitrogens with one attached hydrogen (secondary N) is 1. The molecule has 3 atom stereocenters. The molecular weight excluding hydrogens is 420 g/mol. The summed E-state index contributed by atoms with van der Waals surface area (Å²) >= 11 is 0. The minimum atomic E-state index is -0.169. The van der Waals surface area contributed by atoms with Crippen LogP contribution in [0.3, 0.4) is 0 Å². The van der Waals surface area contributed by atoms with Gasteiger partial charge < -0.3 is 10.2 Å². The summed E-state index contributed by atoms with van der Waals surface area (Å²) in [6.07, 6.45) is -0.169. The van der Waals surface area contributed by atoms with Crippen molar-refractivity contribution >= 4 is 11.6 Å². The zero-order valence-corrected chi connectivity index (χ0v) is 20.1. The highest BCUT2D eigenvalue weighted by Gasteiger charge is 2.35. The van der Waals surface area contributed by atoms with Gasteiger partial charge in [-0.2, -0.15) is 0 Å². The molecule has 0 spiro atoms. The number of para-hydroxylation sites is 1. The molecule has 0 aromatic heterocycles. The Bertz CT molecular complexity index is 1100. The van der Waals surface area contributed by atoms with Crippen LogP contribution in [0.2, 0.25) is 0 Å². The van der Waals surface area contributed by atoms with Gasteiger partial charge in [-0.1, -0.05) is 72.8 Å². The number of amides is 1. The van der Waals surface area contributed by atoms with Gasteiger partial charge in [-0.25, -0.2) is 0 Å². The number of anilines is 1. The quantitative estimate of drug-likeness (QED) is 0.586. The minimum Gasteiger partial charge on any atom is -0.343 e. The number of fused-ring (bicyclic) bond motifs is 1. The lowest BCUT2D eigenvalue weighted by Crippen LogP contribution is -2.55. The van der Waals surface area contributed by atoms with E-state index in [1.807, 2.05) is 36.4 Å². The molecular formula is C29H34N4O. The molecule has 1 fully saturated rings. The Morgan fingerprint density at radius 1 is 0.824 bits per heavy atom. The fourth-order valence-corrected chi connectivity index (χ4v) is 5.41. The van der Waals surface area contributed by atoms with E-state index < -0.39 is 0 Å². The maximum absolute atomic E-state index is 12.9. The van der Waals surface area contributed by atoms with Gasteiger partial charge in [0.05, 0.1) is 11.3 Å². The first-order chi connectivity index (χ1) is 16.6. The van der Waals surface area contributed by atoms with Crippen LogP contribution in [0.1, 0.15) is 47.5 Å². The van der Waals surface area contributed by atoms with Gasteiger partial charge in [-0.05, 0) is 37.1 Å². The number of hydrogen-bond acceptors (Lipinski definition) is 4. The second kappa shape index (κ2) is 10.00. The first-order valence-corrected chi connectivity index (χ1v) is 12.4. The Hall–Kier alpha value is -3.15. The summed E-state index contributed by atoms with van der Waals surface area (Å²) < 4.78 is 0. The van der Waals surface area contributed by atoms with Gasteiger partial charge in [0, 0.05) is 44.8 Å². The highest BCUT2D eigenvalue weighted by atomic mass is 16.2. The van der Waals surface area contributed by atoms with Gasteiger partial charge in [0.15, 0.2) is 0 Å². The van der Waals surface area contributed by atoms with Crippen LogP contribution < -0.4 is 10.2 Å². The molecule has 34 heavy (non-hydrogen) atoms. The van der Waals surface area contributed by atoms with E-state index in [2.05, 4.69) is 82.4 Å².